The number of nitrogens with one attached hydrogen (secondary N) is 1. The third-order valence-electron chi connectivity index (χ3n) is 5.82. The van der Waals surface area contributed by atoms with Crippen LogP contribution in [-0.2, 0) is 11.3 Å². The number of ether oxygens (including phenoxy) is 2. The van der Waals surface area contributed by atoms with Crippen LogP contribution in [-0.4, -0.2) is 34.0 Å². The molecule has 1 heterocycles. The van der Waals surface area contributed by atoms with Crippen molar-refractivity contribution in [3.63, 3.8) is 0 Å². The molecule has 0 radical (unpaired) electrons. The fourth-order valence-electron chi connectivity index (χ4n) is 4.42. The molecule has 144 valence electrons. The number of benzene rings is 1. The zero-order valence-corrected chi connectivity index (χ0v) is 15.3. The number of aromatic nitrogens is 2. The number of nitrogens with zero attached hydrogens (tertiary/aromatic N) is 1. The predicted molar refractivity (Wildman–Crippen MR) is 98.8 cm³/mol. The lowest BCUT2D eigenvalue weighted by Crippen LogP contribution is -2.34. The molecule has 2 aliphatic rings. The molecule has 0 aliphatic heterocycles. The molecular weight excluding hydrogens is 348 g/mol. The first-order chi connectivity index (χ1) is 13.0. The van der Waals surface area contributed by atoms with E-state index in [2.05, 4.69) is 4.98 Å². The van der Waals surface area contributed by atoms with Gasteiger partial charge < -0.3 is 14.6 Å². The molecule has 2 N–H and O–H groups in total. The van der Waals surface area contributed by atoms with Gasteiger partial charge in [0.15, 0.2) is 0 Å². The highest BCUT2D eigenvalue weighted by Crippen LogP contribution is 2.67. The van der Waals surface area contributed by atoms with E-state index >= 15 is 0 Å². The highest BCUT2D eigenvalue weighted by Gasteiger charge is 2.67. The zero-order chi connectivity index (χ0) is 19.0. The lowest BCUT2D eigenvalue weighted by Gasteiger charge is -2.20. The first-order valence-electron chi connectivity index (χ1n) is 9.33. The lowest BCUT2D eigenvalue weighted by molar-refractivity contribution is 0.0133. The normalized spacial score (nSPS) is 28.7. The summed E-state index contributed by atoms with van der Waals surface area (Å²) in [7, 11) is 0. The highest BCUT2D eigenvalue weighted by molar-refractivity contribution is 5.21. The van der Waals surface area contributed by atoms with E-state index < -0.39 is 17.4 Å². The fourth-order valence-corrected chi connectivity index (χ4v) is 4.42. The van der Waals surface area contributed by atoms with E-state index in [4.69, 9.17) is 9.47 Å². The SMILES string of the molecule is CCOc1cc(=O)[nH]c(=O)n1[C@H]1C[C@H](O)C2(COCc3ccccc3)C[C@H]12. The van der Waals surface area contributed by atoms with Crippen LogP contribution >= 0.6 is 0 Å². The molecule has 27 heavy (non-hydrogen) atoms. The molecule has 7 nitrogen and oxygen atoms in total. The van der Waals surface area contributed by atoms with Crippen LogP contribution in [0.15, 0.2) is 46.0 Å². The van der Waals surface area contributed by atoms with Crippen molar-refractivity contribution in [1.82, 2.24) is 9.55 Å². The van der Waals surface area contributed by atoms with Gasteiger partial charge in [-0.05, 0) is 31.2 Å². The summed E-state index contributed by atoms with van der Waals surface area (Å²) in [5.74, 6) is 0.391. The van der Waals surface area contributed by atoms with Crippen molar-refractivity contribution in [2.24, 2.45) is 11.3 Å². The summed E-state index contributed by atoms with van der Waals surface area (Å²) in [5.41, 5.74) is -0.202. The second-order valence-electron chi connectivity index (χ2n) is 7.42. The van der Waals surface area contributed by atoms with Crippen LogP contribution in [0.1, 0.15) is 31.4 Å². The Morgan fingerprint density at radius 2 is 2.07 bits per heavy atom. The number of aliphatic hydroxyl groups excluding tert-OH is 1. The van der Waals surface area contributed by atoms with Gasteiger partial charge in [-0.15, -0.1) is 0 Å². The quantitative estimate of drug-likeness (QED) is 0.768. The van der Waals surface area contributed by atoms with Gasteiger partial charge >= 0.3 is 5.69 Å². The maximum atomic E-state index is 12.4. The largest absolute Gasteiger partial charge is 0.479 e. The van der Waals surface area contributed by atoms with Crippen LogP contribution in [0.2, 0.25) is 0 Å². The molecule has 0 amide bonds. The van der Waals surface area contributed by atoms with Gasteiger partial charge in [0.25, 0.3) is 5.56 Å². The van der Waals surface area contributed by atoms with E-state index in [1.165, 1.54) is 10.6 Å². The predicted octanol–water partition coefficient (Wildman–Crippen LogP) is 1.46. The van der Waals surface area contributed by atoms with Crippen molar-refractivity contribution in [3.8, 4) is 5.88 Å². The van der Waals surface area contributed by atoms with Gasteiger partial charge in [0.05, 0.1) is 32.0 Å². The molecule has 2 saturated carbocycles. The maximum absolute atomic E-state index is 12.4. The van der Waals surface area contributed by atoms with Gasteiger partial charge in [-0.25, -0.2) is 4.79 Å². The van der Waals surface area contributed by atoms with Gasteiger partial charge in [0.1, 0.15) is 0 Å². The molecule has 7 heteroatoms. The zero-order valence-electron chi connectivity index (χ0n) is 15.3. The summed E-state index contributed by atoms with van der Waals surface area (Å²) in [6.45, 7) is 3.11. The van der Waals surface area contributed by atoms with E-state index in [1.54, 1.807) is 6.92 Å². The van der Waals surface area contributed by atoms with E-state index in [-0.39, 0.29) is 23.3 Å². The molecule has 4 rings (SSSR count). The smallest absolute Gasteiger partial charge is 0.331 e. The van der Waals surface area contributed by atoms with Gasteiger partial charge in [-0.2, -0.15) is 0 Å². The molecule has 2 aromatic rings. The third-order valence-corrected chi connectivity index (χ3v) is 5.82. The summed E-state index contributed by atoms with van der Waals surface area (Å²) in [6, 6.07) is 11.0. The van der Waals surface area contributed by atoms with E-state index in [1.807, 2.05) is 30.3 Å². The second kappa shape index (κ2) is 6.98. The van der Waals surface area contributed by atoms with Crippen molar-refractivity contribution < 1.29 is 14.6 Å². The summed E-state index contributed by atoms with van der Waals surface area (Å²) in [6.07, 6.45) is 0.701. The summed E-state index contributed by atoms with van der Waals surface area (Å²) >= 11 is 0. The molecule has 0 saturated heterocycles. The minimum absolute atomic E-state index is 0.131. The molecule has 1 unspecified atom stereocenters. The highest BCUT2D eigenvalue weighted by atomic mass is 16.5. The Morgan fingerprint density at radius 3 is 2.78 bits per heavy atom. The number of aliphatic hydroxyl groups is 1. The third kappa shape index (κ3) is 3.21. The number of aromatic amines is 1. The first-order valence-corrected chi connectivity index (χ1v) is 9.33. The number of H-pyrrole nitrogens is 1. The summed E-state index contributed by atoms with van der Waals surface area (Å²) in [5, 5.41) is 10.7. The standard InChI is InChI=1S/C20H24N2O5/c1-2-27-18-9-17(24)21-19(25)22(18)15-8-16(23)20(10-14(15)20)12-26-11-13-6-4-3-5-7-13/h3-7,9,14-16,23H,2,8,10-12H2,1H3,(H,21,24,25)/t14-,15+,16+,20?/m1/s1. The molecule has 1 aromatic heterocycles. The van der Waals surface area contributed by atoms with Crippen molar-refractivity contribution in [2.75, 3.05) is 13.2 Å². The Balaban J connectivity index is 1.51. The van der Waals surface area contributed by atoms with Gasteiger partial charge in [0.2, 0.25) is 5.88 Å². The molecule has 0 bridgehead atoms. The lowest BCUT2D eigenvalue weighted by atomic mass is 10.0. The first kappa shape index (κ1) is 18.0. The minimum Gasteiger partial charge on any atom is -0.479 e. The topological polar surface area (TPSA) is 93.6 Å². The van der Waals surface area contributed by atoms with Crippen LogP contribution in [0.5, 0.6) is 5.88 Å². The van der Waals surface area contributed by atoms with E-state index in [9.17, 15) is 14.7 Å². The van der Waals surface area contributed by atoms with Crippen LogP contribution in [0.4, 0.5) is 0 Å². The van der Waals surface area contributed by atoms with Crippen molar-refractivity contribution in [1.29, 1.82) is 0 Å². The Hall–Kier alpha value is -2.38. The Labute approximate surface area is 156 Å². The molecule has 4 atom stereocenters. The van der Waals surface area contributed by atoms with Crippen LogP contribution in [0, 0.1) is 11.3 Å². The maximum Gasteiger partial charge on any atom is 0.331 e. The average molecular weight is 372 g/mol. The van der Waals surface area contributed by atoms with Gasteiger partial charge in [-0.3, -0.25) is 14.3 Å². The Morgan fingerprint density at radius 1 is 1.30 bits per heavy atom. The van der Waals surface area contributed by atoms with Gasteiger partial charge in [-0.1, -0.05) is 30.3 Å². The Bertz CT molecular complexity index is 922. The average Bonchev–Trinajstić information content (AvgIpc) is 3.30. The van der Waals surface area contributed by atoms with E-state index in [0.717, 1.165) is 12.0 Å². The molecule has 2 aliphatic carbocycles. The van der Waals surface area contributed by atoms with Gasteiger partial charge in [0, 0.05) is 11.5 Å². The Kier molecular flexibility index (Phi) is 4.65. The molecular formula is C20H24N2O5. The number of hydrogen-bond acceptors (Lipinski definition) is 5. The fraction of sp³-hybridized carbons (Fsp3) is 0.500. The van der Waals surface area contributed by atoms with Crippen molar-refractivity contribution in [2.45, 2.75) is 38.5 Å². The second-order valence-corrected chi connectivity index (χ2v) is 7.42. The van der Waals surface area contributed by atoms with Crippen molar-refractivity contribution >= 4 is 0 Å². The van der Waals surface area contributed by atoms with Crippen LogP contribution in [0.3, 0.4) is 0 Å². The molecule has 2 fully saturated rings. The summed E-state index contributed by atoms with van der Waals surface area (Å²) < 4.78 is 12.9. The van der Waals surface area contributed by atoms with Crippen LogP contribution in [0.25, 0.3) is 0 Å². The molecule has 1 aromatic carbocycles. The van der Waals surface area contributed by atoms with E-state index in [0.29, 0.717) is 26.2 Å². The monoisotopic (exact) mass is 372 g/mol. The number of hydrogen-bond donors (Lipinski definition) is 2. The minimum atomic E-state index is -0.545. The van der Waals surface area contributed by atoms with Crippen LogP contribution < -0.4 is 16.0 Å². The number of rotatable bonds is 7. The molecule has 0 spiro atoms. The number of fused-ring (bicyclic) bond motifs is 1. The summed E-state index contributed by atoms with van der Waals surface area (Å²) in [4.78, 5) is 26.3. The van der Waals surface area contributed by atoms with Crippen molar-refractivity contribution in [3.05, 3.63) is 62.8 Å².